The summed E-state index contributed by atoms with van der Waals surface area (Å²) >= 11 is 0. The van der Waals surface area contributed by atoms with Gasteiger partial charge in [0, 0.05) is 5.54 Å². The van der Waals surface area contributed by atoms with E-state index in [1.165, 1.54) is 0 Å². The molecule has 0 spiro atoms. The molecule has 0 heterocycles. The molecule has 100 valence electrons. The fraction of sp³-hybridized carbons (Fsp3) is 0.846. The quantitative estimate of drug-likeness (QED) is 0.779. The molecule has 2 N–H and O–H groups in total. The molecule has 1 amide bonds. The van der Waals surface area contributed by atoms with E-state index >= 15 is 0 Å². The highest BCUT2D eigenvalue weighted by molar-refractivity contribution is 5.87. The molecule has 0 aromatic carbocycles. The number of rotatable bonds is 5. The number of hydrogen-bond donors (Lipinski definition) is 2. The maximum atomic E-state index is 12.3. The molecule has 4 heteroatoms. The monoisotopic (exact) mass is 243 g/mol. The van der Waals surface area contributed by atoms with Crippen LogP contribution < -0.4 is 5.32 Å². The van der Waals surface area contributed by atoms with Crippen LogP contribution in [0.25, 0.3) is 0 Å². The van der Waals surface area contributed by atoms with Gasteiger partial charge in [-0.25, -0.2) is 0 Å². The zero-order chi connectivity index (χ0) is 13.9. The van der Waals surface area contributed by atoms with Crippen molar-refractivity contribution in [3.05, 3.63) is 0 Å². The van der Waals surface area contributed by atoms with Gasteiger partial charge in [0.15, 0.2) is 0 Å². The van der Waals surface area contributed by atoms with E-state index in [4.69, 9.17) is 5.11 Å². The SMILES string of the molecule is CCC(CC(=O)O)(C(=O)NC(C)(C)C)C(C)C. The average molecular weight is 243 g/mol. The highest BCUT2D eigenvalue weighted by Gasteiger charge is 2.42. The highest BCUT2D eigenvalue weighted by atomic mass is 16.4. The van der Waals surface area contributed by atoms with Gasteiger partial charge in [-0.1, -0.05) is 20.8 Å². The molecule has 0 aliphatic heterocycles. The second kappa shape index (κ2) is 5.52. The third-order valence-electron chi connectivity index (χ3n) is 3.14. The molecule has 0 radical (unpaired) electrons. The minimum absolute atomic E-state index is 0.00838. The van der Waals surface area contributed by atoms with Crippen LogP contribution in [0.5, 0.6) is 0 Å². The van der Waals surface area contributed by atoms with E-state index in [9.17, 15) is 9.59 Å². The van der Waals surface area contributed by atoms with Crippen molar-refractivity contribution < 1.29 is 14.7 Å². The third-order valence-corrected chi connectivity index (χ3v) is 3.14. The van der Waals surface area contributed by atoms with E-state index in [0.29, 0.717) is 6.42 Å². The molecule has 4 nitrogen and oxygen atoms in total. The largest absolute Gasteiger partial charge is 0.481 e. The van der Waals surface area contributed by atoms with E-state index in [-0.39, 0.29) is 23.8 Å². The molecule has 0 saturated heterocycles. The first kappa shape index (κ1) is 15.9. The first-order valence-electron chi connectivity index (χ1n) is 6.09. The molecule has 0 saturated carbocycles. The lowest BCUT2D eigenvalue weighted by Gasteiger charge is -2.36. The smallest absolute Gasteiger partial charge is 0.304 e. The van der Waals surface area contributed by atoms with E-state index in [1.807, 2.05) is 41.5 Å². The van der Waals surface area contributed by atoms with Gasteiger partial charge in [0.1, 0.15) is 0 Å². The number of carboxylic acid groups (broad SMARTS) is 1. The van der Waals surface area contributed by atoms with Gasteiger partial charge >= 0.3 is 5.97 Å². The Morgan fingerprint density at radius 3 is 1.94 bits per heavy atom. The number of hydrogen-bond acceptors (Lipinski definition) is 2. The molecule has 0 rings (SSSR count). The van der Waals surface area contributed by atoms with Crippen LogP contribution >= 0.6 is 0 Å². The molecule has 0 fully saturated rings. The van der Waals surface area contributed by atoms with Gasteiger partial charge in [0.2, 0.25) is 5.91 Å². The van der Waals surface area contributed by atoms with Gasteiger partial charge in [-0.05, 0) is 33.1 Å². The summed E-state index contributed by atoms with van der Waals surface area (Å²) in [7, 11) is 0. The molecule has 0 aromatic heterocycles. The van der Waals surface area contributed by atoms with Crippen molar-refractivity contribution in [3.63, 3.8) is 0 Å². The summed E-state index contributed by atoms with van der Waals surface area (Å²) in [5.41, 5.74) is -1.16. The van der Waals surface area contributed by atoms with Crippen molar-refractivity contribution in [1.82, 2.24) is 5.32 Å². The number of carbonyl (C=O) groups excluding carboxylic acids is 1. The van der Waals surface area contributed by atoms with Crippen molar-refractivity contribution in [2.45, 2.75) is 59.9 Å². The Morgan fingerprint density at radius 1 is 1.24 bits per heavy atom. The Bertz CT molecular complexity index is 292. The van der Waals surface area contributed by atoms with Crippen LogP contribution in [0, 0.1) is 11.3 Å². The van der Waals surface area contributed by atoms with Gasteiger partial charge in [0.25, 0.3) is 0 Å². The second-order valence-corrected chi connectivity index (χ2v) is 5.94. The van der Waals surface area contributed by atoms with Crippen LogP contribution in [-0.4, -0.2) is 22.5 Å². The van der Waals surface area contributed by atoms with E-state index in [1.54, 1.807) is 0 Å². The molecule has 1 atom stereocenters. The van der Waals surface area contributed by atoms with Crippen molar-refractivity contribution in [3.8, 4) is 0 Å². The lowest BCUT2D eigenvalue weighted by molar-refractivity contribution is -0.148. The van der Waals surface area contributed by atoms with Crippen LogP contribution in [0.3, 0.4) is 0 Å². The van der Waals surface area contributed by atoms with Crippen LogP contribution in [0.15, 0.2) is 0 Å². The van der Waals surface area contributed by atoms with E-state index < -0.39 is 11.4 Å². The zero-order valence-electron chi connectivity index (χ0n) is 11.8. The minimum atomic E-state index is -0.926. The average Bonchev–Trinajstić information content (AvgIpc) is 2.10. The summed E-state index contributed by atoms with van der Waals surface area (Å²) < 4.78 is 0. The number of carbonyl (C=O) groups is 2. The number of nitrogens with one attached hydrogen (secondary N) is 1. The van der Waals surface area contributed by atoms with E-state index in [2.05, 4.69) is 5.32 Å². The predicted molar refractivity (Wildman–Crippen MR) is 67.7 cm³/mol. The standard InChI is InChI=1S/C13H25NO3/c1-7-13(9(2)3,8-10(15)16)11(17)14-12(4,5)6/h9H,7-8H2,1-6H3,(H,14,17)(H,15,16). The Labute approximate surface area is 104 Å². The minimum Gasteiger partial charge on any atom is -0.481 e. The summed E-state index contributed by atoms with van der Waals surface area (Å²) in [6.07, 6.45) is 0.405. The predicted octanol–water partition coefficient (Wildman–Crippen LogP) is 2.43. The fourth-order valence-corrected chi connectivity index (χ4v) is 1.98. The summed E-state index contributed by atoms with van der Waals surface area (Å²) in [5.74, 6) is -1.10. The van der Waals surface area contributed by atoms with Crippen molar-refractivity contribution in [2.24, 2.45) is 11.3 Å². The first-order chi connectivity index (χ1) is 7.55. The Hall–Kier alpha value is -1.06. The summed E-state index contributed by atoms with van der Waals surface area (Å²) in [6.45, 7) is 11.3. The molecular formula is C13H25NO3. The summed E-state index contributed by atoms with van der Waals surface area (Å²) in [4.78, 5) is 23.3. The van der Waals surface area contributed by atoms with Crippen molar-refractivity contribution >= 4 is 11.9 Å². The van der Waals surface area contributed by atoms with E-state index in [0.717, 1.165) is 0 Å². The summed E-state index contributed by atoms with van der Waals surface area (Å²) in [5, 5.41) is 11.9. The van der Waals surface area contributed by atoms with Crippen molar-refractivity contribution in [2.75, 3.05) is 0 Å². The number of amides is 1. The lowest BCUT2D eigenvalue weighted by Crippen LogP contribution is -2.51. The van der Waals surface area contributed by atoms with Gasteiger partial charge in [0.05, 0.1) is 11.8 Å². The van der Waals surface area contributed by atoms with Crippen molar-refractivity contribution in [1.29, 1.82) is 0 Å². The highest BCUT2D eigenvalue weighted by Crippen LogP contribution is 2.36. The Balaban J connectivity index is 5.16. The molecule has 0 bridgehead atoms. The van der Waals surface area contributed by atoms with Gasteiger partial charge in [-0.3, -0.25) is 9.59 Å². The topological polar surface area (TPSA) is 66.4 Å². The Kier molecular flexibility index (Phi) is 5.17. The molecular weight excluding hydrogens is 218 g/mol. The maximum absolute atomic E-state index is 12.3. The second-order valence-electron chi connectivity index (χ2n) is 5.94. The van der Waals surface area contributed by atoms with Crippen LogP contribution in [0.2, 0.25) is 0 Å². The fourth-order valence-electron chi connectivity index (χ4n) is 1.98. The zero-order valence-corrected chi connectivity index (χ0v) is 11.8. The van der Waals surface area contributed by atoms with Crippen LogP contribution in [-0.2, 0) is 9.59 Å². The molecule has 0 aliphatic carbocycles. The number of aliphatic carboxylic acids is 1. The maximum Gasteiger partial charge on any atom is 0.304 e. The third kappa shape index (κ3) is 4.36. The van der Waals surface area contributed by atoms with Crippen LogP contribution in [0.1, 0.15) is 54.4 Å². The Morgan fingerprint density at radius 2 is 1.71 bits per heavy atom. The van der Waals surface area contributed by atoms with Gasteiger partial charge < -0.3 is 10.4 Å². The molecule has 0 aliphatic rings. The molecule has 1 unspecified atom stereocenters. The normalized spacial score (nSPS) is 15.5. The molecule has 17 heavy (non-hydrogen) atoms. The van der Waals surface area contributed by atoms with Crippen LogP contribution in [0.4, 0.5) is 0 Å². The molecule has 0 aromatic rings. The van der Waals surface area contributed by atoms with Gasteiger partial charge in [-0.2, -0.15) is 0 Å². The number of carboxylic acids is 1. The van der Waals surface area contributed by atoms with Gasteiger partial charge in [-0.15, -0.1) is 0 Å². The lowest BCUT2D eigenvalue weighted by atomic mass is 9.71. The summed E-state index contributed by atoms with van der Waals surface area (Å²) in [6, 6.07) is 0. The first-order valence-corrected chi connectivity index (χ1v) is 6.09.